The van der Waals surface area contributed by atoms with Gasteiger partial charge in [-0.1, -0.05) is 5.16 Å². The molecule has 2 N–H and O–H groups in total. The maximum atomic E-state index is 13.2. The van der Waals surface area contributed by atoms with Crippen LogP contribution in [0.4, 0.5) is 10.2 Å². The maximum Gasteiger partial charge on any atom is 0.172 e. The lowest BCUT2D eigenvalue weighted by molar-refractivity contribution is 0.302. The monoisotopic (exact) mass is 234 g/mol. The van der Waals surface area contributed by atoms with E-state index in [0.717, 1.165) is 12.8 Å². The Morgan fingerprint density at radius 3 is 2.82 bits per heavy atom. The molecule has 3 rings (SSSR count). The summed E-state index contributed by atoms with van der Waals surface area (Å²) in [6.07, 6.45) is 2.31. The number of anilines is 1. The Hall–Kier alpha value is -2.04. The lowest BCUT2D eigenvalue weighted by atomic mass is 10.1. The van der Waals surface area contributed by atoms with Gasteiger partial charge in [0.15, 0.2) is 11.6 Å². The Morgan fingerprint density at radius 2 is 2.18 bits per heavy atom. The quantitative estimate of drug-likeness (QED) is 0.886. The van der Waals surface area contributed by atoms with Crippen molar-refractivity contribution in [2.45, 2.75) is 18.9 Å². The molecular weight excluding hydrogens is 223 g/mol. The molecule has 1 aromatic carbocycles. The second kappa shape index (κ2) is 3.76. The smallest absolute Gasteiger partial charge is 0.172 e. The molecule has 0 aliphatic heterocycles. The zero-order chi connectivity index (χ0) is 11.8. The summed E-state index contributed by atoms with van der Waals surface area (Å²) in [5.41, 5.74) is 6.02. The molecule has 0 radical (unpaired) electrons. The second-order valence-corrected chi connectivity index (χ2v) is 4.07. The topological polar surface area (TPSA) is 61.3 Å². The van der Waals surface area contributed by atoms with Gasteiger partial charge >= 0.3 is 0 Å². The number of nitrogen functional groups attached to an aromatic ring is 1. The fourth-order valence-electron chi connectivity index (χ4n) is 1.58. The predicted molar refractivity (Wildman–Crippen MR) is 60.0 cm³/mol. The van der Waals surface area contributed by atoms with Crippen LogP contribution in [0.15, 0.2) is 28.8 Å². The number of nitrogens with two attached hydrogens (primary N) is 1. The summed E-state index contributed by atoms with van der Waals surface area (Å²) in [5, 5.41) is 3.58. The summed E-state index contributed by atoms with van der Waals surface area (Å²) in [4.78, 5) is 0. The first-order valence-corrected chi connectivity index (χ1v) is 5.41. The number of ether oxygens (including phenoxy) is 1. The Balaban J connectivity index is 2.02. The average molecular weight is 234 g/mol. The van der Waals surface area contributed by atoms with Crippen molar-refractivity contribution in [2.24, 2.45) is 0 Å². The van der Waals surface area contributed by atoms with Gasteiger partial charge in [-0.05, 0) is 31.0 Å². The van der Waals surface area contributed by atoms with E-state index in [0.29, 0.717) is 17.1 Å². The minimum atomic E-state index is -0.349. The molecule has 1 fully saturated rings. The van der Waals surface area contributed by atoms with Gasteiger partial charge in [-0.25, -0.2) is 4.39 Å². The van der Waals surface area contributed by atoms with Gasteiger partial charge < -0.3 is 15.0 Å². The number of rotatable bonds is 3. The Bertz CT molecular complexity index is 549. The number of benzene rings is 1. The third-order valence-corrected chi connectivity index (χ3v) is 2.55. The molecule has 0 unspecified atom stereocenters. The van der Waals surface area contributed by atoms with Crippen molar-refractivity contribution in [1.82, 2.24) is 5.16 Å². The summed E-state index contributed by atoms with van der Waals surface area (Å²) in [6.45, 7) is 0. The summed E-state index contributed by atoms with van der Waals surface area (Å²) in [6, 6.07) is 5.87. The normalized spacial score (nSPS) is 14.9. The van der Waals surface area contributed by atoms with Crippen LogP contribution < -0.4 is 10.5 Å². The number of halogens is 1. The maximum absolute atomic E-state index is 13.2. The molecule has 1 saturated carbocycles. The number of aromatic nitrogens is 1. The third kappa shape index (κ3) is 2.08. The van der Waals surface area contributed by atoms with Crippen LogP contribution in [-0.2, 0) is 0 Å². The van der Waals surface area contributed by atoms with Crippen LogP contribution in [0.2, 0.25) is 0 Å². The van der Waals surface area contributed by atoms with Gasteiger partial charge in [0.25, 0.3) is 0 Å². The molecular formula is C12H11FN2O2. The third-order valence-electron chi connectivity index (χ3n) is 2.55. The van der Waals surface area contributed by atoms with Crippen LogP contribution >= 0.6 is 0 Å². The lowest BCUT2D eigenvalue weighted by Crippen LogP contribution is -1.97. The SMILES string of the molecule is Nc1cc(-c2cc(F)ccc2OC2CC2)on1. The van der Waals surface area contributed by atoms with Crippen LogP contribution in [0, 0.1) is 5.82 Å². The van der Waals surface area contributed by atoms with E-state index in [1.807, 2.05) is 0 Å². The first kappa shape index (κ1) is 10.1. The zero-order valence-corrected chi connectivity index (χ0v) is 9.02. The van der Waals surface area contributed by atoms with Crippen LogP contribution in [0.1, 0.15) is 12.8 Å². The van der Waals surface area contributed by atoms with E-state index in [1.165, 1.54) is 12.1 Å². The van der Waals surface area contributed by atoms with Crippen LogP contribution in [0.5, 0.6) is 5.75 Å². The van der Waals surface area contributed by atoms with E-state index < -0.39 is 0 Å². The highest BCUT2D eigenvalue weighted by Gasteiger charge is 2.25. The van der Waals surface area contributed by atoms with Crippen LogP contribution in [0.25, 0.3) is 11.3 Å². The average Bonchev–Trinajstić information content (AvgIpc) is 3.01. The fourth-order valence-corrected chi connectivity index (χ4v) is 1.58. The van der Waals surface area contributed by atoms with Crippen molar-refractivity contribution in [1.29, 1.82) is 0 Å². The fraction of sp³-hybridized carbons (Fsp3) is 0.250. The van der Waals surface area contributed by atoms with Crippen LogP contribution in [0.3, 0.4) is 0 Å². The molecule has 4 nitrogen and oxygen atoms in total. The number of hydrogen-bond donors (Lipinski definition) is 1. The van der Waals surface area contributed by atoms with E-state index in [-0.39, 0.29) is 17.7 Å². The minimum absolute atomic E-state index is 0.236. The molecule has 17 heavy (non-hydrogen) atoms. The Morgan fingerprint density at radius 1 is 1.35 bits per heavy atom. The second-order valence-electron chi connectivity index (χ2n) is 4.07. The summed E-state index contributed by atoms with van der Waals surface area (Å²) < 4.78 is 23.9. The van der Waals surface area contributed by atoms with Gasteiger partial charge in [-0.15, -0.1) is 0 Å². The summed E-state index contributed by atoms with van der Waals surface area (Å²) in [5.74, 6) is 0.933. The predicted octanol–water partition coefficient (Wildman–Crippen LogP) is 2.60. The highest BCUT2D eigenvalue weighted by molar-refractivity contribution is 5.67. The molecule has 1 aliphatic carbocycles. The molecule has 1 aliphatic rings. The van der Waals surface area contributed by atoms with Crippen molar-refractivity contribution in [2.75, 3.05) is 5.73 Å². The summed E-state index contributed by atoms with van der Waals surface area (Å²) >= 11 is 0. The van der Waals surface area contributed by atoms with Gasteiger partial charge in [0.2, 0.25) is 0 Å². The molecule has 1 heterocycles. The Kier molecular flexibility index (Phi) is 2.24. The number of nitrogens with zero attached hydrogens (tertiary/aromatic N) is 1. The van der Waals surface area contributed by atoms with Crippen molar-refractivity contribution >= 4 is 5.82 Å². The molecule has 0 spiro atoms. The molecule has 88 valence electrons. The molecule has 1 aromatic heterocycles. The van der Waals surface area contributed by atoms with E-state index in [1.54, 1.807) is 12.1 Å². The van der Waals surface area contributed by atoms with E-state index >= 15 is 0 Å². The standard InChI is InChI=1S/C12H11FN2O2/c13-7-1-4-10(16-8-2-3-8)9(5-7)11-6-12(14)15-17-11/h1,4-6,8H,2-3H2,(H2,14,15). The highest BCUT2D eigenvalue weighted by atomic mass is 19.1. The van der Waals surface area contributed by atoms with Crippen molar-refractivity contribution in [3.63, 3.8) is 0 Å². The first-order chi connectivity index (χ1) is 8.22. The molecule has 0 saturated heterocycles. The lowest BCUT2D eigenvalue weighted by Gasteiger charge is -2.08. The highest BCUT2D eigenvalue weighted by Crippen LogP contribution is 2.35. The molecule has 5 heteroatoms. The molecule has 0 amide bonds. The number of hydrogen-bond acceptors (Lipinski definition) is 4. The van der Waals surface area contributed by atoms with E-state index in [2.05, 4.69) is 5.16 Å². The summed E-state index contributed by atoms with van der Waals surface area (Å²) in [7, 11) is 0. The van der Waals surface area contributed by atoms with Gasteiger partial charge in [0, 0.05) is 6.07 Å². The van der Waals surface area contributed by atoms with Gasteiger partial charge in [0.1, 0.15) is 11.6 Å². The first-order valence-electron chi connectivity index (χ1n) is 5.41. The van der Waals surface area contributed by atoms with E-state index in [9.17, 15) is 4.39 Å². The Labute approximate surface area is 97.2 Å². The van der Waals surface area contributed by atoms with E-state index in [4.69, 9.17) is 15.0 Å². The zero-order valence-electron chi connectivity index (χ0n) is 9.02. The molecule has 0 atom stereocenters. The largest absolute Gasteiger partial charge is 0.490 e. The van der Waals surface area contributed by atoms with Crippen molar-refractivity contribution < 1.29 is 13.7 Å². The van der Waals surface area contributed by atoms with Gasteiger partial charge in [0.05, 0.1) is 11.7 Å². The molecule has 0 bridgehead atoms. The van der Waals surface area contributed by atoms with Crippen molar-refractivity contribution in [3.05, 3.63) is 30.1 Å². The molecule has 2 aromatic rings. The van der Waals surface area contributed by atoms with Crippen LogP contribution in [-0.4, -0.2) is 11.3 Å². The van der Waals surface area contributed by atoms with Gasteiger partial charge in [-0.3, -0.25) is 0 Å². The van der Waals surface area contributed by atoms with Gasteiger partial charge in [-0.2, -0.15) is 0 Å². The minimum Gasteiger partial charge on any atom is -0.490 e. The van der Waals surface area contributed by atoms with Crippen molar-refractivity contribution in [3.8, 4) is 17.1 Å².